The van der Waals surface area contributed by atoms with Crippen LogP contribution < -0.4 is 4.90 Å². The van der Waals surface area contributed by atoms with Gasteiger partial charge in [-0.1, -0.05) is 13.8 Å². The first-order chi connectivity index (χ1) is 8.54. The average Bonchev–Trinajstić information content (AvgIpc) is 2.34. The summed E-state index contributed by atoms with van der Waals surface area (Å²) in [6, 6.07) is 5.77. The number of rotatable bonds is 6. The van der Waals surface area contributed by atoms with Crippen LogP contribution in [0, 0.1) is 17.2 Å². The topological polar surface area (TPSA) is 57.0 Å². The van der Waals surface area contributed by atoms with Crippen LogP contribution in [0.3, 0.4) is 0 Å². The van der Waals surface area contributed by atoms with Crippen LogP contribution in [0.5, 0.6) is 0 Å². The first-order valence-corrected chi connectivity index (χ1v) is 6.13. The number of nitrogens with zero attached hydrogens (tertiary/aromatic N) is 3. The predicted octanol–water partition coefficient (Wildman–Crippen LogP) is 2.66. The van der Waals surface area contributed by atoms with Crippen molar-refractivity contribution in [3.63, 3.8) is 0 Å². The number of ketones is 1. The molecule has 0 fully saturated rings. The van der Waals surface area contributed by atoms with E-state index in [1.807, 2.05) is 6.07 Å². The molecule has 18 heavy (non-hydrogen) atoms. The Labute approximate surface area is 108 Å². The highest BCUT2D eigenvalue weighted by molar-refractivity contribution is 5.93. The first-order valence-electron chi connectivity index (χ1n) is 6.13. The molecule has 0 radical (unpaired) electrons. The Morgan fingerprint density at radius 3 is 2.67 bits per heavy atom. The smallest absolute Gasteiger partial charge is 0.161 e. The SMILES string of the molecule is CC(=O)c1ccc(N(CCC#N)CC(C)C)nc1. The van der Waals surface area contributed by atoms with Gasteiger partial charge in [-0.3, -0.25) is 4.79 Å². The van der Waals surface area contributed by atoms with Crippen molar-refractivity contribution in [1.82, 2.24) is 4.98 Å². The molecule has 0 aliphatic rings. The number of Topliss-reactive ketones (excluding diaryl/α,β-unsaturated/α-hetero) is 1. The van der Waals surface area contributed by atoms with Crippen molar-refractivity contribution in [2.45, 2.75) is 27.2 Å². The summed E-state index contributed by atoms with van der Waals surface area (Å²) in [7, 11) is 0. The molecule has 4 nitrogen and oxygen atoms in total. The molecule has 0 aliphatic heterocycles. The van der Waals surface area contributed by atoms with E-state index >= 15 is 0 Å². The lowest BCUT2D eigenvalue weighted by atomic mass is 10.2. The van der Waals surface area contributed by atoms with Crippen LogP contribution in [0.15, 0.2) is 18.3 Å². The third kappa shape index (κ3) is 4.17. The van der Waals surface area contributed by atoms with Crippen LogP contribution in [0.4, 0.5) is 5.82 Å². The second-order valence-corrected chi connectivity index (χ2v) is 4.71. The molecule has 96 valence electrons. The normalized spacial score (nSPS) is 10.2. The lowest BCUT2D eigenvalue weighted by Gasteiger charge is -2.24. The van der Waals surface area contributed by atoms with Crippen molar-refractivity contribution in [1.29, 1.82) is 5.26 Å². The molecule has 0 bridgehead atoms. The minimum absolute atomic E-state index is 0.0153. The maximum atomic E-state index is 11.2. The Balaban J connectivity index is 2.84. The number of carbonyl (C=O) groups is 1. The van der Waals surface area contributed by atoms with Gasteiger partial charge in [-0.15, -0.1) is 0 Å². The van der Waals surface area contributed by atoms with Crippen molar-refractivity contribution in [3.8, 4) is 6.07 Å². The molecule has 0 unspecified atom stereocenters. The number of pyridine rings is 1. The van der Waals surface area contributed by atoms with Crippen molar-refractivity contribution < 1.29 is 4.79 Å². The third-order valence-corrected chi connectivity index (χ3v) is 2.56. The molecule has 0 amide bonds. The summed E-state index contributed by atoms with van der Waals surface area (Å²) in [6.07, 6.45) is 2.07. The Bertz CT molecular complexity index is 431. The minimum Gasteiger partial charge on any atom is -0.355 e. The highest BCUT2D eigenvalue weighted by Crippen LogP contribution is 2.14. The summed E-state index contributed by atoms with van der Waals surface area (Å²) in [5.41, 5.74) is 0.614. The molecule has 1 rings (SSSR count). The maximum Gasteiger partial charge on any atom is 0.161 e. The van der Waals surface area contributed by atoms with Gasteiger partial charge in [0.25, 0.3) is 0 Å². The zero-order valence-electron chi connectivity index (χ0n) is 11.2. The van der Waals surface area contributed by atoms with Crippen LogP contribution in [-0.2, 0) is 0 Å². The fourth-order valence-electron chi connectivity index (χ4n) is 1.71. The van der Waals surface area contributed by atoms with E-state index in [4.69, 9.17) is 5.26 Å². The van der Waals surface area contributed by atoms with E-state index in [1.165, 1.54) is 6.92 Å². The fourth-order valence-corrected chi connectivity index (χ4v) is 1.71. The summed E-state index contributed by atoms with van der Waals surface area (Å²) < 4.78 is 0. The van der Waals surface area contributed by atoms with Crippen LogP contribution in [-0.4, -0.2) is 23.9 Å². The Hall–Kier alpha value is -1.89. The largest absolute Gasteiger partial charge is 0.355 e. The Kier molecular flexibility index (Phi) is 5.31. The molecule has 0 saturated heterocycles. The van der Waals surface area contributed by atoms with Gasteiger partial charge in [0, 0.05) is 24.8 Å². The molecule has 1 aromatic rings. The van der Waals surface area contributed by atoms with Crippen molar-refractivity contribution in [2.24, 2.45) is 5.92 Å². The number of anilines is 1. The molecule has 4 heteroatoms. The van der Waals surface area contributed by atoms with Crippen LogP contribution in [0.2, 0.25) is 0 Å². The van der Waals surface area contributed by atoms with E-state index in [2.05, 4.69) is 29.8 Å². The number of hydrogen-bond acceptors (Lipinski definition) is 4. The van der Waals surface area contributed by atoms with Gasteiger partial charge in [0.1, 0.15) is 5.82 Å². The van der Waals surface area contributed by atoms with E-state index in [0.717, 1.165) is 12.4 Å². The van der Waals surface area contributed by atoms with E-state index in [-0.39, 0.29) is 5.78 Å². The number of carbonyl (C=O) groups excluding carboxylic acids is 1. The average molecular weight is 245 g/mol. The highest BCUT2D eigenvalue weighted by atomic mass is 16.1. The number of aromatic nitrogens is 1. The summed E-state index contributed by atoms with van der Waals surface area (Å²) in [6.45, 7) is 7.31. The highest BCUT2D eigenvalue weighted by Gasteiger charge is 2.10. The molecule has 1 heterocycles. The zero-order chi connectivity index (χ0) is 13.5. The van der Waals surface area contributed by atoms with Gasteiger partial charge in [-0.05, 0) is 25.0 Å². The van der Waals surface area contributed by atoms with E-state index < -0.39 is 0 Å². The Morgan fingerprint density at radius 1 is 1.50 bits per heavy atom. The second kappa shape index (κ2) is 6.75. The van der Waals surface area contributed by atoms with Gasteiger partial charge < -0.3 is 4.90 Å². The second-order valence-electron chi connectivity index (χ2n) is 4.71. The quantitative estimate of drug-likeness (QED) is 0.723. The lowest BCUT2D eigenvalue weighted by Crippen LogP contribution is -2.29. The summed E-state index contributed by atoms with van der Waals surface area (Å²) in [5, 5.41) is 8.67. The van der Waals surface area contributed by atoms with Crippen LogP contribution in [0.25, 0.3) is 0 Å². The molecule has 0 aromatic carbocycles. The third-order valence-electron chi connectivity index (χ3n) is 2.56. The molecule has 0 aliphatic carbocycles. The van der Waals surface area contributed by atoms with Gasteiger partial charge in [0.15, 0.2) is 5.78 Å². The van der Waals surface area contributed by atoms with Gasteiger partial charge in [-0.2, -0.15) is 5.26 Å². The number of hydrogen-bond donors (Lipinski definition) is 0. The van der Waals surface area contributed by atoms with Crippen LogP contribution in [0.1, 0.15) is 37.6 Å². The zero-order valence-corrected chi connectivity index (χ0v) is 11.2. The summed E-state index contributed by atoms with van der Waals surface area (Å²) in [5.74, 6) is 1.34. The minimum atomic E-state index is 0.0153. The van der Waals surface area contributed by atoms with Crippen molar-refractivity contribution in [2.75, 3.05) is 18.0 Å². The maximum absolute atomic E-state index is 11.2. The molecule has 0 spiro atoms. The standard InChI is InChI=1S/C14H19N3O/c1-11(2)10-17(8-4-7-15)14-6-5-13(9-16-14)12(3)18/h5-6,9,11H,4,8,10H2,1-3H3. The molecular formula is C14H19N3O. The molecule has 0 atom stereocenters. The van der Waals surface area contributed by atoms with Crippen molar-refractivity contribution in [3.05, 3.63) is 23.9 Å². The van der Waals surface area contributed by atoms with Crippen molar-refractivity contribution >= 4 is 11.6 Å². The molecule has 0 N–H and O–H groups in total. The molecule has 0 saturated carbocycles. The summed E-state index contributed by atoms with van der Waals surface area (Å²) >= 11 is 0. The van der Waals surface area contributed by atoms with Gasteiger partial charge in [0.05, 0.1) is 12.5 Å². The molecular weight excluding hydrogens is 226 g/mol. The van der Waals surface area contributed by atoms with E-state index in [9.17, 15) is 4.79 Å². The summed E-state index contributed by atoms with van der Waals surface area (Å²) in [4.78, 5) is 17.6. The van der Waals surface area contributed by atoms with Gasteiger partial charge in [-0.25, -0.2) is 4.98 Å². The van der Waals surface area contributed by atoms with Gasteiger partial charge >= 0.3 is 0 Å². The predicted molar refractivity (Wildman–Crippen MR) is 71.5 cm³/mol. The first kappa shape index (κ1) is 14.2. The molecule has 1 aromatic heterocycles. The van der Waals surface area contributed by atoms with Crippen LogP contribution >= 0.6 is 0 Å². The monoisotopic (exact) mass is 245 g/mol. The van der Waals surface area contributed by atoms with E-state index in [0.29, 0.717) is 24.4 Å². The Morgan fingerprint density at radius 2 is 2.22 bits per heavy atom. The number of nitriles is 1. The van der Waals surface area contributed by atoms with E-state index in [1.54, 1.807) is 12.3 Å². The fraction of sp³-hybridized carbons (Fsp3) is 0.500. The van der Waals surface area contributed by atoms with Gasteiger partial charge in [0.2, 0.25) is 0 Å². The lowest BCUT2D eigenvalue weighted by molar-refractivity contribution is 0.101.